The Morgan fingerprint density at radius 1 is 1.00 bits per heavy atom. The molecule has 206 valence electrons. The average Bonchev–Trinajstić information content (AvgIpc) is 3.58. The number of hydrogen-bond acceptors (Lipinski definition) is 6. The first-order chi connectivity index (χ1) is 19.3. The van der Waals surface area contributed by atoms with Gasteiger partial charge < -0.3 is 25.4 Å². The van der Waals surface area contributed by atoms with Crippen molar-refractivity contribution in [1.29, 1.82) is 0 Å². The van der Waals surface area contributed by atoms with E-state index in [9.17, 15) is 14.4 Å². The summed E-state index contributed by atoms with van der Waals surface area (Å²) in [6.45, 7) is 4.46. The summed E-state index contributed by atoms with van der Waals surface area (Å²) in [7, 11) is 2.06. The third-order valence-corrected chi connectivity index (χ3v) is 8.77. The highest BCUT2D eigenvalue weighted by atomic mass is 32.1. The molecule has 2 aromatic carbocycles. The van der Waals surface area contributed by atoms with Crippen molar-refractivity contribution < 1.29 is 14.4 Å². The Bertz CT molecular complexity index is 1580. The second-order valence-electron chi connectivity index (χ2n) is 10.7. The van der Waals surface area contributed by atoms with E-state index in [1.165, 1.54) is 11.3 Å². The number of nitrogens with one attached hydrogen (secondary N) is 3. The van der Waals surface area contributed by atoms with Crippen molar-refractivity contribution in [3.63, 3.8) is 0 Å². The minimum absolute atomic E-state index is 0.0941. The first kappa shape index (κ1) is 26.2. The van der Waals surface area contributed by atoms with E-state index in [0.29, 0.717) is 29.2 Å². The van der Waals surface area contributed by atoms with Crippen LogP contribution in [0.5, 0.6) is 0 Å². The van der Waals surface area contributed by atoms with Crippen LogP contribution in [0.1, 0.15) is 53.2 Å². The minimum Gasteiger partial charge on any atom is -0.351 e. The summed E-state index contributed by atoms with van der Waals surface area (Å²) in [6.07, 6.45) is 1.33. The molecule has 2 atom stereocenters. The SMILES string of the molecule is Cc1ccc2[nH]c(C(=O)NC3CCN(C(=O)c4ccccc4)C[C@H]3NC(=O)c3nc4c(s3)CN(C)CC4)cc2c1. The van der Waals surface area contributed by atoms with Crippen LogP contribution in [0.2, 0.25) is 0 Å². The molecular weight excluding hydrogens is 524 g/mol. The van der Waals surface area contributed by atoms with Gasteiger partial charge in [-0.3, -0.25) is 14.4 Å². The number of nitrogens with zero attached hydrogens (tertiary/aromatic N) is 3. The molecule has 40 heavy (non-hydrogen) atoms. The molecule has 1 saturated heterocycles. The van der Waals surface area contributed by atoms with Crippen LogP contribution in [0.25, 0.3) is 10.9 Å². The summed E-state index contributed by atoms with van der Waals surface area (Å²) in [6, 6.07) is 16.1. The summed E-state index contributed by atoms with van der Waals surface area (Å²) in [5.41, 5.74) is 4.05. The molecule has 2 aromatic heterocycles. The zero-order valence-corrected chi connectivity index (χ0v) is 23.4. The Kier molecular flexibility index (Phi) is 7.12. The first-order valence-corrected chi connectivity index (χ1v) is 14.4. The lowest BCUT2D eigenvalue weighted by Gasteiger charge is -2.39. The summed E-state index contributed by atoms with van der Waals surface area (Å²) in [5.74, 6) is -0.613. The number of aromatic nitrogens is 2. The fourth-order valence-electron chi connectivity index (χ4n) is 5.49. The van der Waals surface area contributed by atoms with Gasteiger partial charge in [-0.25, -0.2) is 4.98 Å². The molecule has 0 saturated carbocycles. The van der Waals surface area contributed by atoms with E-state index < -0.39 is 6.04 Å². The molecule has 3 amide bonds. The number of aryl methyl sites for hydroxylation is 1. The molecular formula is C30H32N6O3S. The highest BCUT2D eigenvalue weighted by Crippen LogP contribution is 2.25. The van der Waals surface area contributed by atoms with Crippen LogP contribution in [-0.4, -0.2) is 76.3 Å². The zero-order valence-electron chi connectivity index (χ0n) is 22.6. The van der Waals surface area contributed by atoms with Crippen LogP contribution in [0.4, 0.5) is 0 Å². The Morgan fingerprint density at radius 2 is 1.80 bits per heavy atom. The number of fused-ring (bicyclic) bond motifs is 2. The number of benzene rings is 2. The van der Waals surface area contributed by atoms with Crippen molar-refractivity contribution in [3.05, 3.63) is 87.0 Å². The normalized spacial score (nSPS) is 19.3. The fraction of sp³-hybridized carbons (Fsp3) is 0.333. The van der Waals surface area contributed by atoms with Crippen molar-refractivity contribution in [1.82, 2.24) is 30.4 Å². The maximum Gasteiger partial charge on any atom is 0.280 e. The Labute approximate surface area is 236 Å². The van der Waals surface area contributed by atoms with Crippen molar-refractivity contribution >= 4 is 40.0 Å². The number of H-pyrrole nitrogens is 1. The molecule has 2 aliphatic heterocycles. The Hall–Kier alpha value is -4.02. The largest absolute Gasteiger partial charge is 0.351 e. The molecule has 4 aromatic rings. The van der Waals surface area contributed by atoms with E-state index in [4.69, 9.17) is 0 Å². The predicted octanol–water partition coefficient (Wildman–Crippen LogP) is 3.36. The van der Waals surface area contributed by atoms with E-state index in [0.717, 1.165) is 46.5 Å². The quantitative estimate of drug-likeness (QED) is 0.349. The number of amides is 3. The van der Waals surface area contributed by atoms with Crippen molar-refractivity contribution in [2.45, 2.75) is 38.4 Å². The van der Waals surface area contributed by atoms with Gasteiger partial charge in [0.15, 0.2) is 5.01 Å². The van der Waals surface area contributed by atoms with Crippen LogP contribution >= 0.6 is 11.3 Å². The zero-order chi connectivity index (χ0) is 27.8. The Morgan fingerprint density at radius 3 is 2.62 bits per heavy atom. The van der Waals surface area contributed by atoms with Gasteiger partial charge in [0.05, 0.1) is 17.8 Å². The van der Waals surface area contributed by atoms with Crippen LogP contribution in [-0.2, 0) is 13.0 Å². The number of likely N-dealkylation sites (N-methyl/N-ethyl adjacent to an activating group) is 1. The number of hydrogen-bond donors (Lipinski definition) is 3. The second-order valence-corrected chi connectivity index (χ2v) is 11.8. The summed E-state index contributed by atoms with van der Waals surface area (Å²) < 4.78 is 0. The van der Waals surface area contributed by atoms with Crippen LogP contribution in [0.3, 0.4) is 0 Å². The van der Waals surface area contributed by atoms with Crippen LogP contribution in [0.15, 0.2) is 54.6 Å². The average molecular weight is 557 g/mol. The molecule has 2 aliphatic rings. The third kappa shape index (κ3) is 5.37. The van der Waals surface area contributed by atoms with Crippen molar-refractivity contribution in [2.24, 2.45) is 0 Å². The van der Waals surface area contributed by atoms with Gasteiger partial charge in [0.1, 0.15) is 5.69 Å². The summed E-state index contributed by atoms with van der Waals surface area (Å²) >= 11 is 1.42. The number of carbonyl (C=O) groups excluding carboxylic acids is 3. The molecule has 0 aliphatic carbocycles. The number of carbonyl (C=O) groups is 3. The Balaban J connectivity index is 1.22. The monoisotopic (exact) mass is 556 g/mol. The van der Waals surface area contributed by atoms with Gasteiger partial charge in [-0.05, 0) is 50.7 Å². The third-order valence-electron chi connectivity index (χ3n) is 7.69. The minimum atomic E-state index is -0.479. The second kappa shape index (κ2) is 10.9. The smallest absolute Gasteiger partial charge is 0.280 e. The topological polar surface area (TPSA) is 110 Å². The number of aromatic amines is 1. The van der Waals surface area contributed by atoms with E-state index >= 15 is 0 Å². The van der Waals surface area contributed by atoms with Gasteiger partial charge in [-0.2, -0.15) is 0 Å². The van der Waals surface area contributed by atoms with Gasteiger partial charge in [-0.1, -0.05) is 29.8 Å². The molecule has 6 rings (SSSR count). The van der Waals surface area contributed by atoms with Gasteiger partial charge >= 0.3 is 0 Å². The number of thiazole rings is 1. The van der Waals surface area contributed by atoms with Gasteiger partial charge in [0, 0.05) is 53.9 Å². The maximum atomic E-state index is 13.4. The van der Waals surface area contributed by atoms with E-state index in [-0.39, 0.29) is 30.3 Å². The number of likely N-dealkylation sites (tertiary alicyclic amines) is 1. The maximum absolute atomic E-state index is 13.4. The molecule has 10 heteroatoms. The predicted molar refractivity (Wildman–Crippen MR) is 155 cm³/mol. The standard InChI is InChI=1S/C30H32N6O3S/c1-18-8-9-21-20(14-18)15-24(31-21)27(37)32-22-11-13-36(30(39)19-6-4-3-5-7-19)16-25(22)33-28(38)29-34-23-10-12-35(2)17-26(23)40-29/h3-9,14-15,22,25,31H,10-13,16-17H2,1-2H3,(H,32,37)(H,33,38)/t22?,25-/m1/s1. The number of piperidine rings is 1. The highest BCUT2D eigenvalue weighted by molar-refractivity contribution is 7.13. The van der Waals surface area contributed by atoms with Gasteiger partial charge in [-0.15, -0.1) is 11.3 Å². The summed E-state index contributed by atoms with van der Waals surface area (Å²) in [5, 5.41) is 7.62. The van der Waals surface area contributed by atoms with E-state index in [2.05, 4.69) is 32.5 Å². The lowest BCUT2D eigenvalue weighted by Crippen LogP contribution is -2.61. The lowest BCUT2D eigenvalue weighted by atomic mass is 9.97. The first-order valence-electron chi connectivity index (χ1n) is 13.6. The molecule has 3 N–H and O–H groups in total. The van der Waals surface area contributed by atoms with Crippen molar-refractivity contribution in [2.75, 3.05) is 26.7 Å². The molecule has 1 unspecified atom stereocenters. The van der Waals surface area contributed by atoms with Crippen LogP contribution in [0, 0.1) is 6.92 Å². The molecule has 4 heterocycles. The molecule has 0 radical (unpaired) electrons. The van der Waals surface area contributed by atoms with E-state index in [1.807, 2.05) is 49.4 Å². The molecule has 0 spiro atoms. The number of rotatable bonds is 5. The fourth-order valence-corrected chi connectivity index (χ4v) is 6.58. The van der Waals surface area contributed by atoms with Crippen molar-refractivity contribution in [3.8, 4) is 0 Å². The summed E-state index contributed by atoms with van der Waals surface area (Å²) in [4.78, 5) is 52.9. The van der Waals surface area contributed by atoms with E-state index in [1.54, 1.807) is 17.0 Å². The van der Waals surface area contributed by atoms with Gasteiger partial charge in [0.25, 0.3) is 17.7 Å². The van der Waals surface area contributed by atoms with Gasteiger partial charge in [0.2, 0.25) is 0 Å². The molecule has 9 nitrogen and oxygen atoms in total. The van der Waals surface area contributed by atoms with Crippen LogP contribution < -0.4 is 10.6 Å². The lowest BCUT2D eigenvalue weighted by molar-refractivity contribution is 0.0628. The highest BCUT2D eigenvalue weighted by Gasteiger charge is 2.35. The molecule has 0 bridgehead atoms. The molecule has 1 fully saturated rings.